The van der Waals surface area contributed by atoms with Crippen LogP contribution in [0, 0.1) is 0 Å². The van der Waals surface area contributed by atoms with Crippen molar-refractivity contribution >= 4 is 45.7 Å². The van der Waals surface area contributed by atoms with Crippen LogP contribution in [-0.2, 0) is 14.3 Å². The molecule has 0 aliphatic carbocycles. The summed E-state index contributed by atoms with van der Waals surface area (Å²) < 4.78 is 10.2. The molecule has 2 amide bonds. The molecule has 0 spiro atoms. The maximum atomic E-state index is 12.5. The summed E-state index contributed by atoms with van der Waals surface area (Å²) in [5.74, 6) is -0.527. The molecule has 0 saturated carbocycles. The molecule has 7 heteroatoms. The lowest BCUT2D eigenvalue weighted by Crippen LogP contribution is -2.34. The third kappa shape index (κ3) is 3.43. The van der Waals surface area contributed by atoms with Crippen molar-refractivity contribution in [1.82, 2.24) is 4.90 Å². The van der Waals surface area contributed by atoms with Crippen LogP contribution >= 0.6 is 11.8 Å². The van der Waals surface area contributed by atoms with Crippen LogP contribution in [0.5, 0.6) is 5.75 Å². The SMILES string of the molecule is CCOc1ccc2ccccc2c1/C=C1\SC(=O)N(CC(=O)OC)C1=O. The molecule has 2 aromatic rings. The fourth-order valence-corrected chi connectivity index (χ4v) is 3.49. The van der Waals surface area contributed by atoms with Crippen molar-refractivity contribution in [1.29, 1.82) is 0 Å². The number of thioether (sulfide) groups is 1. The van der Waals surface area contributed by atoms with Crippen LogP contribution in [0.1, 0.15) is 12.5 Å². The van der Waals surface area contributed by atoms with E-state index < -0.39 is 23.7 Å². The lowest BCUT2D eigenvalue weighted by molar-refractivity contribution is -0.143. The Morgan fingerprint density at radius 2 is 1.96 bits per heavy atom. The molecule has 1 fully saturated rings. The Hall–Kier alpha value is -2.80. The number of hydrogen-bond donors (Lipinski definition) is 0. The van der Waals surface area contributed by atoms with Gasteiger partial charge in [0.2, 0.25) is 0 Å². The standard InChI is InChI=1S/C19H17NO5S/c1-3-25-15-9-8-12-6-4-5-7-13(12)14(15)10-16-18(22)20(19(23)26-16)11-17(21)24-2/h4-10H,3,11H2,1-2H3/b16-10-. The van der Waals surface area contributed by atoms with Crippen LogP contribution < -0.4 is 4.74 Å². The smallest absolute Gasteiger partial charge is 0.325 e. The molecule has 0 aromatic heterocycles. The first kappa shape index (κ1) is 18.0. The third-order valence-electron chi connectivity index (χ3n) is 3.89. The highest BCUT2D eigenvalue weighted by Gasteiger charge is 2.36. The van der Waals surface area contributed by atoms with Gasteiger partial charge in [-0.2, -0.15) is 0 Å². The summed E-state index contributed by atoms with van der Waals surface area (Å²) in [6, 6.07) is 11.5. The summed E-state index contributed by atoms with van der Waals surface area (Å²) in [7, 11) is 1.21. The number of carbonyl (C=O) groups excluding carboxylic acids is 3. The van der Waals surface area contributed by atoms with Crippen molar-refractivity contribution in [3.05, 3.63) is 46.9 Å². The van der Waals surface area contributed by atoms with Crippen molar-refractivity contribution in [3.63, 3.8) is 0 Å². The quantitative estimate of drug-likeness (QED) is 0.592. The Kier molecular flexibility index (Phi) is 5.27. The highest BCUT2D eigenvalue weighted by Crippen LogP contribution is 2.36. The number of rotatable bonds is 5. The van der Waals surface area contributed by atoms with E-state index >= 15 is 0 Å². The van der Waals surface area contributed by atoms with Crippen LogP contribution in [0.3, 0.4) is 0 Å². The van der Waals surface area contributed by atoms with Crippen LogP contribution in [0.4, 0.5) is 4.79 Å². The second kappa shape index (κ2) is 7.61. The number of amides is 2. The van der Waals surface area contributed by atoms with Crippen LogP contribution in [0.15, 0.2) is 41.3 Å². The predicted molar refractivity (Wildman–Crippen MR) is 99.8 cm³/mol. The minimum absolute atomic E-state index is 0.246. The summed E-state index contributed by atoms with van der Waals surface area (Å²) in [5, 5.41) is 1.42. The van der Waals surface area contributed by atoms with Gasteiger partial charge in [0.1, 0.15) is 12.3 Å². The number of ether oxygens (including phenoxy) is 2. The van der Waals surface area contributed by atoms with E-state index in [-0.39, 0.29) is 4.91 Å². The second-order valence-corrected chi connectivity index (χ2v) is 6.47. The Bertz CT molecular complexity index is 921. The number of esters is 1. The second-order valence-electron chi connectivity index (χ2n) is 5.48. The van der Waals surface area contributed by atoms with Crippen molar-refractivity contribution in [2.75, 3.05) is 20.3 Å². The summed E-state index contributed by atoms with van der Waals surface area (Å²) in [6.07, 6.45) is 1.65. The molecule has 1 aliphatic heterocycles. The molecule has 0 radical (unpaired) electrons. The highest BCUT2D eigenvalue weighted by atomic mass is 32.2. The minimum atomic E-state index is -0.645. The minimum Gasteiger partial charge on any atom is -0.493 e. The third-order valence-corrected chi connectivity index (χ3v) is 4.80. The summed E-state index contributed by atoms with van der Waals surface area (Å²) in [4.78, 5) is 37.2. The summed E-state index contributed by atoms with van der Waals surface area (Å²) in [5.41, 5.74) is 0.730. The van der Waals surface area contributed by atoms with Crippen LogP contribution in [0.25, 0.3) is 16.8 Å². The summed E-state index contributed by atoms with van der Waals surface area (Å²) >= 11 is 0.800. The van der Waals surface area contributed by atoms with Gasteiger partial charge in [0, 0.05) is 5.56 Å². The number of fused-ring (bicyclic) bond motifs is 1. The fourth-order valence-electron chi connectivity index (χ4n) is 2.67. The average Bonchev–Trinajstić information content (AvgIpc) is 2.91. The van der Waals surface area contributed by atoms with E-state index in [4.69, 9.17) is 4.74 Å². The topological polar surface area (TPSA) is 72.9 Å². The maximum absolute atomic E-state index is 12.5. The highest BCUT2D eigenvalue weighted by molar-refractivity contribution is 8.18. The van der Waals surface area contributed by atoms with E-state index in [9.17, 15) is 14.4 Å². The Morgan fingerprint density at radius 1 is 1.19 bits per heavy atom. The Balaban J connectivity index is 2.04. The van der Waals surface area contributed by atoms with E-state index in [0.717, 1.165) is 33.0 Å². The number of hydrogen-bond acceptors (Lipinski definition) is 6. The van der Waals surface area contributed by atoms with E-state index in [2.05, 4.69) is 4.74 Å². The van der Waals surface area contributed by atoms with E-state index in [1.165, 1.54) is 7.11 Å². The largest absolute Gasteiger partial charge is 0.493 e. The first-order chi connectivity index (χ1) is 12.5. The van der Waals surface area contributed by atoms with Crippen molar-refractivity contribution < 1.29 is 23.9 Å². The van der Waals surface area contributed by atoms with Gasteiger partial charge in [-0.05, 0) is 41.6 Å². The normalized spacial score (nSPS) is 15.8. The zero-order valence-electron chi connectivity index (χ0n) is 14.4. The Morgan fingerprint density at radius 3 is 2.69 bits per heavy atom. The average molecular weight is 371 g/mol. The van der Waals surface area contributed by atoms with Crippen molar-refractivity contribution in [3.8, 4) is 5.75 Å². The van der Waals surface area contributed by atoms with E-state index in [0.29, 0.717) is 12.4 Å². The van der Waals surface area contributed by atoms with Crippen molar-refractivity contribution in [2.45, 2.75) is 6.92 Å². The molecule has 3 rings (SSSR count). The molecule has 0 N–H and O–H groups in total. The zero-order valence-corrected chi connectivity index (χ0v) is 15.2. The van der Waals surface area contributed by atoms with Gasteiger partial charge in [0.25, 0.3) is 11.1 Å². The van der Waals surface area contributed by atoms with Crippen LogP contribution in [0.2, 0.25) is 0 Å². The van der Waals surface area contributed by atoms with Gasteiger partial charge in [-0.1, -0.05) is 30.3 Å². The molecule has 1 aliphatic rings. The van der Waals surface area contributed by atoms with Gasteiger partial charge >= 0.3 is 5.97 Å². The molecule has 0 bridgehead atoms. The summed E-state index contributed by atoms with van der Waals surface area (Å²) in [6.45, 7) is 1.96. The Labute approximate surface area is 154 Å². The first-order valence-corrected chi connectivity index (χ1v) is 8.83. The molecule has 0 unspecified atom stereocenters. The molecular weight excluding hydrogens is 354 g/mol. The molecule has 0 atom stereocenters. The number of methoxy groups -OCH3 is 1. The zero-order chi connectivity index (χ0) is 18.7. The lowest BCUT2D eigenvalue weighted by Gasteiger charge is -2.12. The van der Waals surface area contributed by atoms with Gasteiger partial charge in [0.05, 0.1) is 18.6 Å². The van der Waals surface area contributed by atoms with Crippen LogP contribution in [-0.4, -0.2) is 42.3 Å². The van der Waals surface area contributed by atoms with Gasteiger partial charge < -0.3 is 9.47 Å². The maximum Gasteiger partial charge on any atom is 0.325 e. The number of carbonyl (C=O) groups is 3. The predicted octanol–water partition coefficient (Wildman–Crippen LogP) is 3.45. The number of nitrogens with zero attached hydrogens (tertiary/aromatic N) is 1. The van der Waals surface area contributed by atoms with Gasteiger partial charge in [-0.3, -0.25) is 19.3 Å². The van der Waals surface area contributed by atoms with E-state index in [1.807, 2.05) is 43.3 Å². The molecule has 2 aromatic carbocycles. The monoisotopic (exact) mass is 371 g/mol. The fraction of sp³-hybridized carbons (Fsp3) is 0.211. The van der Waals surface area contributed by atoms with E-state index in [1.54, 1.807) is 6.08 Å². The molecular formula is C19H17NO5S. The molecule has 26 heavy (non-hydrogen) atoms. The first-order valence-electron chi connectivity index (χ1n) is 8.02. The van der Waals surface area contributed by atoms with Gasteiger partial charge in [-0.15, -0.1) is 0 Å². The molecule has 1 saturated heterocycles. The van der Waals surface area contributed by atoms with Gasteiger partial charge in [-0.25, -0.2) is 0 Å². The van der Waals surface area contributed by atoms with Gasteiger partial charge in [0.15, 0.2) is 0 Å². The molecule has 1 heterocycles. The molecule has 134 valence electrons. The number of benzene rings is 2. The van der Waals surface area contributed by atoms with Crippen molar-refractivity contribution in [2.24, 2.45) is 0 Å². The lowest BCUT2D eigenvalue weighted by atomic mass is 10.0. The number of imide groups is 1. The molecule has 6 nitrogen and oxygen atoms in total.